The quantitative estimate of drug-likeness (QED) is 0.678. The first-order valence-corrected chi connectivity index (χ1v) is 4.76. The van der Waals surface area contributed by atoms with Gasteiger partial charge in [-0.1, -0.05) is 13.0 Å². The molecule has 3 nitrogen and oxygen atoms in total. The van der Waals surface area contributed by atoms with Gasteiger partial charge in [0.05, 0.1) is 12.8 Å². The van der Waals surface area contributed by atoms with Gasteiger partial charge in [0.2, 0.25) is 5.88 Å². The highest BCUT2D eigenvalue weighted by Gasteiger charge is 2.23. The molecule has 1 aromatic heterocycles. The molecule has 0 aliphatic heterocycles. The maximum atomic E-state index is 11.4. The molecule has 0 aromatic carbocycles. The van der Waals surface area contributed by atoms with E-state index in [2.05, 4.69) is 11.9 Å². The van der Waals surface area contributed by atoms with Crippen molar-refractivity contribution >= 4 is 5.78 Å². The summed E-state index contributed by atoms with van der Waals surface area (Å²) in [4.78, 5) is 15.6. The number of methoxy groups -OCH3 is 1. The topological polar surface area (TPSA) is 39.2 Å². The van der Waals surface area contributed by atoms with Gasteiger partial charge in [-0.25, -0.2) is 4.98 Å². The lowest BCUT2D eigenvalue weighted by Gasteiger charge is -2.20. The molecular formula is C11H13NO2. The van der Waals surface area contributed by atoms with E-state index in [-0.39, 0.29) is 5.78 Å². The van der Waals surface area contributed by atoms with E-state index in [1.165, 1.54) is 5.56 Å². The Hall–Kier alpha value is -1.38. The zero-order valence-electron chi connectivity index (χ0n) is 8.41. The maximum absolute atomic E-state index is 11.4. The zero-order valence-corrected chi connectivity index (χ0v) is 8.41. The number of carbonyl (C=O) groups is 1. The third-order valence-corrected chi connectivity index (χ3v) is 2.62. The van der Waals surface area contributed by atoms with Gasteiger partial charge in [-0.3, -0.25) is 4.79 Å². The highest BCUT2D eigenvalue weighted by molar-refractivity contribution is 5.83. The number of hydrogen-bond donors (Lipinski definition) is 0. The second kappa shape index (κ2) is 3.40. The molecule has 0 radical (unpaired) electrons. The molecule has 0 spiro atoms. The Morgan fingerprint density at radius 1 is 1.50 bits per heavy atom. The summed E-state index contributed by atoms with van der Waals surface area (Å²) in [6.45, 7) is 2.06. The lowest BCUT2D eigenvalue weighted by Crippen LogP contribution is -2.18. The summed E-state index contributed by atoms with van der Waals surface area (Å²) in [6.07, 6.45) is 1.10. The lowest BCUT2D eigenvalue weighted by atomic mass is 9.86. The van der Waals surface area contributed by atoms with Crippen LogP contribution in [0.5, 0.6) is 5.88 Å². The van der Waals surface area contributed by atoms with Crippen LogP contribution >= 0.6 is 0 Å². The highest BCUT2D eigenvalue weighted by atomic mass is 16.5. The summed E-state index contributed by atoms with van der Waals surface area (Å²) < 4.78 is 5.03. The number of hydrogen-bond acceptors (Lipinski definition) is 3. The molecule has 0 amide bonds. The van der Waals surface area contributed by atoms with Crippen LogP contribution in [0.3, 0.4) is 0 Å². The van der Waals surface area contributed by atoms with Crippen molar-refractivity contribution in [1.82, 2.24) is 4.98 Å². The zero-order chi connectivity index (χ0) is 10.1. The predicted molar refractivity (Wildman–Crippen MR) is 52.5 cm³/mol. The normalized spacial score (nSPS) is 20.4. The fourth-order valence-corrected chi connectivity index (χ4v) is 1.91. The highest BCUT2D eigenvalue weighted by Crippen LogP contribution is 2.29. The second-order valence-electron chi connectivity index (χ2n) is 3.71. The average molecular weight is 191 g/mol. The first-order chi connectivity index (χ1) is 6.70. The van der Waals surface area contributed by atoms with Gasteiger partial charge in [0, 0.05) is 18.9 Å². The summed E-state index contributed by atoms with van der Waals surface area (Å²) in [7, 11) is 1.59. The summed E-state index contributed by atoms with van der Waals surface area (Å²) in [6, 6.07) is 3.86. The van der Waals surface area contributed by atoms with Crippen LogP contribution in [0.2, 0.25) is 0 Å². The van der Waals surface area contributed by atoms with E-state index in [0.717, 1.165) is 5.69 Å². The number of ketones is 1. The van der Waals surface area contributed by atoms with Crippen molar-refractivity contribution in [3.8, 4) is 5.88 Å². The Kier molecular flexibility index (Phi) is 2.23. The number of aromatic nitrogens is 1. The molecular weight excluding hydrogens is 178 g/mol. The van der Waals surface area contributed by atoms with E-state index in [0.29, 0.717) is 24.6 Å². The molecule has 0 fully saturated rings. The molecule has 1 aliphatic carbocycles. The SMILES string of the molecule is COc1ccc2c(n1)CC(=O)CC2C. The van der Waals surface area contributed by atoms with E-state index >= 15 is 0 Å². The Morgan fingerprint density at radius 3 is 3.00 bits per heavy atom. The molecule has 74 valence electrons. The van der Waals surface area contributed by atoms with E-state index < -0.39 is 0 Å². The number of ether oxygens (including phenoxy) is 1. The molecule has 0 saturated carbocycles. The van der Waals surface area contributed by atoms with E-state index in [1.807, 2.05) is 12.1 Å². The van der Waals surface area contributed by atoms with Crippen LogP contribution in [-0.2, 0) is 11.2 Å². The number of pyridine rings is 1. The van der Waals surface area contributed by atoms with Crippen LogP contribution in [-0.4, -0.2) is 17.9 Å². The van der Waals surface area contributed by atoms with Crippen molar-refractivity contribution < 1.29 is 9.53 Å². The third kappa shape index (κ3) is 1.50. The minimum Gasteiger partial charge on any atom is -0.481 e. The van der Waals surface area contributed by atoms with Crippen molar-refractivity contribution in [2.45, 2.75) is 25.7 Å². The molecule has 1 aliphatic rings. The van der Waals surface area contributed by atoms with Gasteiger partial charge in [0.1, 0.15) is 5.78 Å². The Balaban J connectivity index is 2.43. The Labute approximate surface area is 83.1 Å². The molecule has 0 bridgehead atoms. The Morgan fingerprint density at radius 2 is 2.29 bits per heavy atom. The van der Waals surface area contributed by atoms with Gasteiger partial charge in [0.15, 0.2) is 0 Å². The van der Waals surface area contributed by atoms with Crippen molar-refractivity contribution in [3.63, 3.8) is 0 Å². The van der Waals surface area contributed by atoms with Crippen LogP contribution in [0.4, 0.5) is 0 Å². The van der Waals surface area contributed by atoms with Gasteiger partial charge in [-0.2, -0.15) is 0 Å². The minimum atomic E-state index is 0.269. The molecule has 0 N–H and O–H groups in total. The number of rotatable bonds is 1. The van der Waals surface area contributed by atoms with Crippen LogP contribution in [0.1, 0.15) is 30.5 Å². The number of fused-ring (bicyclic) bond motifs is 1. The standard InChI is InChI=1S/C11H13NO2/c1-7-5-8(13)6-10-9(7)3-4-11(12-10)14-2/h3-4,7H,5-6H2,1-2H3. The first kappa shape index (κ1) is 9.19. The fourth-order valence-electron chi connectivity index (χ4n) is 1.91. The third-order valence-electron chi connectivity index (χ3n) is 2.62. The second-order valence-corrected chi connectivity index (χ2v) is 3.71. The van der Waals surface area contributed by atoms with E-state index in [9.17, 15) is 4.79 Å². The number of Topliss-reactive ketones (excluding diaryl/α,β-unsaturated/α-hetero) is 1. The smallest absolute Gasteiger partial charge is 0.213 e. The first-order valence-electron chi connectivity index (χ1n) is 4.76. The lowest BCUT2D eigenvalue weighted by molar-refractivity contribution is -0.119. The molecule has 1 atom stereocenters. The molecule has 1 aromatic rings. The van der Waals surface area contributed by atoms with Crippen LogP contribution in [0.25, 0.3) is 0 Å². The van der Waals surface area contributed by atoms with Gasteiger partial charge < -0.3 is 4.74 Å². The maximum Gasteiger partial charge on any atom is 0.213 e. The van der Waals surface area contributed by atoms with Gasteiger partial charge in [-0.05, 0) is 11.5 Å². The molecule has 2 rings (SSSR count). The van der Waals surface area contributed by atoms with Crippen LogP contribution < -0.4 is 4.74 Å². The monoisotopic (exact) mass is 191 g/mol. The van der Waals surface area contributed by atoms with Gasteiger partial charge in [-0.15, -0.1) is 0 Å². The summed E-state index contributed by atoms with van der Waals surface area (Å²) in [5, 5.41) is 0. The Bertz CT molecular complexity index is 374. The van der Waals surface area contributed by atoms with Crippen LogP contribution in [0, 0.1) is 0 Å². The van der Waals surface area contributed by atoms with E-state index in [4.69, 9.17) is 4.74 Å². The molecule has 3 heteroatoms. The molecule has 1 unspecified atom stereocenters. The van der Waals surface area contributed by atoms with Crippen molar-refractivity contribution in [3.05, 3.63) is 23.4 Å². The summed E-state index contributed by atoms with van der Waals surface area (Å²) in [5.74, 6) is 1.15. The largest absolute Gasteiger partial charge is 0.481 e. The average Bonchev–Trinajstić information content (AvgIpc) is 2.16. The molecule has 14 heavy (non-hydrogen) atoms. The van der Waals surface area contributed by atoms with Crippen molar-refractivity contribution in [2.24, 2.45) is 0 Å². The van der Waals surface area contributed by atoms with Crippen molar-refractivity contribution in [1.29, 1.82) is 0 Å². The van der Waals surface area contributed by atoms with Crippen molar-refractivity contribution in [2.75, 3.05) is 7.11 Å². The van der Waals surface area contributed by atoms with E-state index in [1.54, 1.807) is 7.11 Å². The number of nitrogens with zero attached hydrogens (tertiary/aromatic N) is 1. The van der Waals surface area contributed by atoms with Crippen LogP contribution in [0.15, 0.2) is 12.1 Å². The fraction of sp³-hybridized carbons (Fsp3) is 0.455. The summed E-state index contributed by atoms with van der Waals surface area (Å²) >= 11 is 0. The molecule has 1 heterocycles. The number of carbonyl (C=O) groups excluding carboxylic acids is 1. The summed E-state index contributed by atoms with van der Waals surface area (Å²) in [5.41, 5.74) is 2.07. The predicted octanol–water partition coefficient (Wildman–Crippen LogP) is 1.71. The van der Waals surface area contributed by atoms with Gasteiger partial charge in [0.25, 0.3) is 0 Å². The molecule has 0 saturated heterocycles. The van der Waals surface area contributed by atoms with Gasteiger partial charge >= 0.3 is 0 Å². The minimum absolute atomic E-state index is 0.269.